The van der Waals surface area contributed by atoms with Crippen LogP contribution in [-0.2, 0) is 4.74 Å². The second kappa shape index (κ2) is 6.44. The molecule has 0 atom stereocenters. The lowest BCUT2D eigenvalue weighted by atomic mass is 10.2. The van der Waals surface area contributed by atoms with Gasteiger partial charge in [-0.15, -0.1) is 0 Å². The van der Waals surface area contributed by atoms with Gasteiger partial charge in [0.15, 0.2) is 5.82 Å². The summed E-state index contributed by atoms with van der Waals surface area (Å²) in [6, 6.07) is 7.34. The van der Waals surface area contributed by atoms with Crippen molar-refractivity contribution in [2.75, 3.05) is 12.8 Å². The van der Waals surface area contributed by atoms with E-state index in [4.69, 9.17) is 10.5 Å². The van der Waals surface area contributed by atoms with Crippen molar-refractivity contribution >= 4 is 24.1 Å². The first-order chi connectivity index (χ1) is 10.2. The Morgan fingerprint density at radius 3 is 2.67 bits per heavy atom. The first kappa shape index (κ1) is 14.4. The van der Waals surface area contributed by atoms with E-state index in [1.165, 1.54) is 0 Å². The van der Waals surface area contributed by atoms with Gasteiger partial charge in [-0.2, -0.15) is 9.78 Å². The van der Waals surface area contributed by atoms with Gasteiger partial charge in [0.1, 0.15) is 0 Å². The van der Waals surface area contributed by atoms with Gasteiger partial charge in [-0.3, -0.25) is 0 Å². The SMILES string of the molecule is C=Nc1c(C#Cc2ccc(N)cc2)cnn1/C(=C\C)OC. The van der Waals surface area contributed by atoms with Crippen molar-refractivity contribution in [3.63, 3.8) is 0 Å². The topological polar surface area (TPSA) is 65.4 Å². The Labute approximate surface area is 123 Å². The van der Waals surface area contributed by atoms with Gasteiger partial charge in [-0.25, -0.2) is 4.99 Å². The Morgan fingerprint density at radius 1 is 1.38 bits per heavy atom. The molecule has 5 heteroatoms. The van der Waals surface area contributed by atoms with Crippen LogP contribution in [0.2, 0.25) is 0 Å². The first-order valence-corrected chi connectivity index (χ1v) is 6.32. The molecule has 2 aromatic rings. The van der Waals surface area contributed by atoms with Gasteiger partial charge in [0, 0.05) is 11.3 Å². The van der Waals surface area contributed by atoms with Gasteiger partial charge < -0.3 is 10.5 Å². The molecule has 0 radical (unpaired) electrons. The van der Waals surface area contributed by atoms with Crippen LogP contribution in [0.1, 0.15) is 18.1 Å². The number of nitrogens with two attached hydrogens (primary N) is 1. The molecule has 0 aliphatic carbocycles. The molecule has 0 amide bonds. The quantitative estimate of drug-likeness (QED) is 0.407. The Hall–Kier alpha value is -3.00. The van der Waals surface area contributed by atoms with Gasteiger partial charge in [0.2, 0.25) is 5.88 Å². The van der Waals surface area contributed by atoms with Crippen LogP contribution in [0.3, 0.4) is 0 Å². The van der Waals surface area contributed by atoms with E-state index in [-0.39, 0.29) is 0 Å². The number of nitrogen functional groups attached to an aromatic ring is 1. The highest BCUT2D eigenvalue weighted by Gasteiger charge is 2.10. The average molecular weight is 280 g/mol. The maximum absolute atomic E-state index is 5.64. The Morgan fingerprint density at radius 2 is 2.10 bits per heavy atom. The second-order valence-corrected chi connectivity index (χ2v) is 4.15. The van der Waals surface area contributed by atoms with E-state index in [0.717, 1.165) is 5.56 Å². The van der Waals surface area contributed by atoms with E-state index in [9.17, 15) is 0 Å². The maximum Gasteiger partial charge on any atom is 0.211 e. The molecular formula is C16H16N4O. The Kier molecular flexibility index (Phi) is 4.42. The lowest BCUT2D eigenvalue weighted by molar-refractivity contribution is 0.337. The minimum absolute atomic E-state index is 0.549. The molecule has 2 N–H and O–H groups in total. The minimum atomic E-state index is 0.549. The molecule has 2 rings (SSSR count). The van der Waals surface area contributed by atoms with Gasteiger partial charge in [0.25, 0.3) is 0 Å². The van der Waals surface area contributed by atoms with Crippen molar-refractivity contribution in [2.45, 2.75) is 6.92 Å². The number of aliphatic imine (C=N–C) groups is 1. The number of rotatable bonds is 3. The van der Waals surface area contributed by atoms with Crippen LogP contribution in [0.25, 0.3) is 5.88 Å². The molecule has 0 fully saturated rings. The fourth-order valence-electron chi connectivity index (χ4n) is 1.78. The lowest BCUT2D eigenvalue weighted by Gasteiger charge is -2.06. The summed E-state index contributed by atoms with van der Waals surface area (Å²) in [5.41, 5.74) is 7.89. The summed E-state index contributed by atoms with van der Waals surface area (Å²) in [5, 5.41) is 4.22. The number of aromatic nitrogens is 2. The number of ether oxygens (including phenoxy) is 1. The van der Waals surface area contributed by atoms with Crippen LogP contribution < -0.4 is 5.73 Å². The first-order valence-electron chi connectivity index (χ1n) is 6.32. The molecule has 0 aliphatic rings. The highest BCUT2D eigenvalue weighted by Crippen LogP contribution is 2.21. The molecule has 5 nitrogen and oxygen atoms in total. The van der Waals surface area contributed by atoms with Gasteiger partial charge in [-0.05, 0) is 44.0 Å². The lowest BCUT2D eigenvalue weighted by Crippen LogP contribution is -2.00. The number of benzene rings is 1. The molecule has 21 heavy (non-hydrogen) atoms. The van der Waals surface area contributed by atoms with E-state index < -0.39 is 0 Å². The predicted octanol–water partition coefficient (Wildman–Crippen LogP) is 2.66. The number of hydrogen-bond acceptors (Lipinski definition) is 4. The molecule has 0 saturated heterocycles. The third-order valence-corrected chi connectivity index (χ3v) is 2.81. The molecule has 0 saturated carbocycles. The van der Waals surface area contributed by atoms with Crippen molar-refractivity contribution in [2.24, 2.45) is 4.99 Å². The molecule has 0 aliphatic heterocycles. The van der Waals surface area contributed by atoms with Gasteiger partial charge in [0.05, 0.1) is 18.9 Å². The second-order valence-electron chi connectivity index (χ2n) is 4.15. The van der Waals surface area contributed by atoms with E-state index in [1.807, 2.05) is 31.2 Å². The zero-order chi connectivity index (χ0) is 15.2. The monoisotopic (exact) mass is 280 g/mol. The molecular weight excluding hydrogens is 264 g/mol. The molecule has 106 valence electrons. The number of allylic oxidation sites excluding steroid dienone is 1. The minimum Gasteiger partial charge on any atom is -0.481 e. The molecule has 1 aromatic heterocycles. The third-order valence-electron chi connectivity index (χ3n) is 2.81. The van der Waals surface area contributed by atoms with Crippen LogP contribution in [0.5, 0.6) is 0 Å². The highest BCUT2D eigenvalue weighted by atomic mass is 16.5. The summed E-state index contributed by atoms with van der Waals surface area (Å²) < 4.78 is 6.78. The summed E-state index contributed by atoms with van der Waals surface area (Å²) in [7, 11) is 1.57. The summed E-state index contributed by atoms with van der Waals surface area (Å²) in [5.74, 6) is 7.19. The number of hydrogen-bond donors (Lipinski definition) is 1. The van der Waals surface area contributed by atoms with E-state index in [1.54, 1.807) is 24.1 Å². The van der Waals surface area contributed by atoms with Crippen LogP contribution in [0.15, 0.2) is 41.5 Å². The van der Waals surface area contributed by atoms with Crippen molar-refractivity contribution in [3.8, 4) is 11.8 Å². The molecule has 1 aromatic carbocycles. The smallest absolute Gasteiger partial charge is 0.211 e. The maximum atomic E-state index is 5.64. The zero-order valence-corrected chi connectivity index (χ0v) is 12.0. The molecule has 0 bridgehead atoms. The molecule has 1 heterocycles. The highest BCUT2D eigenvalue weighted by molar-refractivity contribution is 5.60. The van der Waals surface area contributed by atoms with Crippen molar-refractivity contribution < 1.29 is 4.74 Å². The number of methoxy groups -OCH3 is 1. The van der Waals surface area contributed by atoms with Gasteiger partial charge in [-0.1, -0.05) is 11.8 Å². The van der Waals surface area contributed by atoms with Crippen LogP contribution >= 0.6 is 0 Å². The summed E-state index contributed by atoms with van der Waals surface area (Å²) in [6.45, 7) is 5.42. The largest absolute Gasteiger partial charge is 0.481 e. The van der Waals surface area contributed by atoms with Gasteiger partial charge >= 0.3 is 0 Å². The van der Waals surface area contributed by atoms with Crippen LogP contribution in [0, 0.1) is 11.8 Å². The number of nitrogens with zero attached hydrogens (tertiary/aromatic N) is 3. The average Bonchev–Trinajstić information content (AvgIpc) is 2.91. The fraction of sp³-hybridized carbons (Fsp3) is 0.125. The Balaban J connectivity index is 2.38. The summed E-state index contributed by atoms with van der Waals surface area (Å²) in [4.78, 5) is 3.98. The molecule has 0 unspecified atom stereocenters. The van der Waals surface area contributed by atoms with Crippen molar-refractivity contribution in [1.29, 1.82) is 0 Å². The number of anilines is 1. The van der Waals surface area contributed by atoms with Crippen LogP contribution in [0.4, 0.5) is 11.5 Å². The molecule has 0 spiro atoms. The predicted molar refractivity (Wildman–Crippen MR) is 85.2 cm³/mol. The van der Waals surface area contributed by atoms with E-state index in [2.05, 4.69) is 28.6 Å². The normalized spacial score (nSPS) is 10.7. The zero-order valence-electron chi connectivity index (χ0n) is 12.0. The van der Waals surface area contributed by atoms with E-state index in [0.29, 0.717) is 23.0 Å². The van der Waals surface area contributed by atoms with E-state index >= 15 is 0 Å². The fourth-order valence-corrected chi connectivity index (χ4v) is 1.78. The van der Waals surface area contributed by atoms with Crippen molar-refractivity contribution in [3.05, 3.63) is 47.7 Å². The van der Waals surface area contributed by atoms with Crippen LogP contribution in [-0.4, -0.2) is 23.6 Å². The summed E-state index contributed by atoms with van der Waals surface area (Å²) in [6.07, 6.45) is 3.43. The van der Waals surface area contributed by atoms with Crippen molar-refractivity contribution in [1.82, 2.24) is 9.78 Å². The standard InChI is InChI=1S/C16H16N4O/c1-4-15(21-3)20-16(18-2)13(11-19-20)8-5-12-6-9-14(17)10-7-12/h4,6-7,9-11H,2,17H2,1,3H3/b15-4+. The Bertz CT molecular complexity index is 730. The third kappa shape index (κ3) is 3.12. The summed E-state index contributed by atoms with van der Waals surface area (Å²) >= 11 is 0.